The smallest absolute Gasteiger partial charge is 0.423 e. The number of hydrogen-bond acceptors (Lipinski definition) is 4. The molecule has 2 aromatic rings. The maximum atomic E-state index is 11.8. The minimum absolute atomic E-state index is 0.0482. The molecule has 0 aliphatic heterocycles. The summed E-state index contributed by atoms with van der Waals surface area (Å²) in [5.41, 5.74) is 0.335. The van der Waals surface area contributed by atoms with E-state index in [4.69, 9.17) is 26.4 Å². The van der Waals surface area contributed by atoms with Gasteiger partial charge in [0.25, 0.3) is 0 Å². The number of ether oxygens (including phenoxy) is 1. The molecule has 0 radical (unpaired) electrons. The number of rotatable bonds is 3. The molecule has 108 valence electrons. The van der Waals surface area contributed by atoms with Crippen molar-refractivity contribution in [1.82, 2.24) is 0 Å². The van der Waals surface area contributed by atoms with Crippen LogP contribution in [0.3, 0.4) is 0 Å². The SMILES string of the molecule is O=C(Nc1cccc(B(O)O)c1Cl)Oc1ccc(I)cc1. The summed E-state index contributed by atoms with van der Waals surface area (Å²) < 4.78 is 6.11. The Bertz CT molecular complexity index is 651. The molecule has 0 saturated carbocycles. The minimum Gasteiger partial charge on any atom is -0.423 e. The maximum Gasteiger partial charge on any atom is 0.490 e. The van der Waals surface area contributed by atoms with Crippen LogP contribution in [0.15, 0.2) is 42.5 Å². The molecule has 1 amide bonds. The van der Waals surface area contributed by atoms with Gasteiger partial charge >= 0.3 is 13.2 Å². The molecule has 21 heavy (non-hydrogen) atoms. The van der Waals surface area contributed by atoms with Gasteiger partial charge in [-0.05, 0) is 52.9 Å². The Morgan fingerprint density at radius 1 is 1.19 bits per heavy atom. The molecular weight excluding hydrogens is 407 g/mol. The first-order chi connectivity index (χ1) is 9.97. The van der Waals surface area contributed by atoms with Gasteiger partial charge in [0.15, 0.2) is 0 Å². The molecular formula is C13H10BClINO4. The van der Waals surface area contributed by atoms with Crippen LogP contribution in [0.25, 0.3) is 0 Å². The van der Waals surface area contributed by atoms with Crippen LogP contribution in [-0.2, 0) is 0 Å². The summed E-state index contributed by atoms with van der Waals surface area (Å²) in [5, 5.41) is 20.8. The molecule has 0 saturated heterocycles. The lowest BCUT2D eigenvalue weighted by Gasteiger charge is -2.10. The number of carbonyl (C=O) groups is 1. The predicted octanol–water partition coefficient (Wildman–Crippen LogP) is 2.24. The molecule has 0 fully saturated rings. The van der Waals surface area contributed by atoms with Crippen molar-refractivity contribution in [3.63, 3.8) is 0 Å². The molecule has 0 bridgehead atoms. The predicted molar refractivity (Wildman–Crippen MR) is 90.1 cm³/mol. The van der Waals surface area contributed by atoms with Crippen molar-refractivity contribution in [2.45, 2.75) is 0 Å². The van der Waals surface area contributed by atoms with Gasteiger partial charge in [0.2, 0.25) is 0 Å². The fraction of sp³-hybridized carbons (Fsp3) is 0. The summed E-state index contributed by atoms with van der Waals surface area (Å²) in [6, 6.07) is 11.5. The topological polar surface area (TPSA) is 78.8 Å². The van der Waals surface area contributed by atoms with E-state index < -0.39 is 13.2 Å². The minimum atomic E-state index is -1.72. The van der Waals surface area contributed by atoms with Crippen molar-refractivity contribution in [2.75, 3.05) is 5.32 Å². The van der Waals surface area contributed by atoms with Gasteiger partial charge in [0.1, 0.15) is 5.75 Å². The highest BCUT2D eigenvalue weighted by atomic mass is 127. The van der Waals surface area contributed by atoms with Crippen LogP contribution in [0.4, 0.5) is 10.5 Å². The largest absolute Gasteiger partial charge is 0.490 e. The lowest BCUT2D eigenvalue weighted by atomic mass is 9.80. The molecule has 3 N–H and O–H groups in total. The van der Waals surface area contributed by atoms with Gasteiger partial charge in [-0.2, -0.15) is 0 Å². The second kappa shape index (κ2) is 7.12. The third kappa shape index (κ3) is 4.34. The summed E-state index contributed by atoms with van der Waals surface area (Å²) in [6.07, 6.45) is -0.720. The lowest BCUT2D eigenvalue weighted by Crippen LogP contribution is -2.31. The van der Waals surface area contributed by atoms with E-state index in [1.54, 1.807) is 30.3 Å². The van der Waals surface area contributed by atoms with Crippen molar-refractivity contribution < 1.29 is 19.6 Å². The molecule has 0 unspecified atom stereocenters. The Balaban J connectivity index is 2.09. The van der Waals surface area contributed by atoms with E-state index in [1.165, 1.54) is 12.1 Å². The third-order valence-electron chi connectivity index (χ3n) is 2.57. The monoisotopic (exact) mass is 417 g/mol. The Morgan fingerprint density at radius 3 is 2.48 bits per heavy atom. The molecule has 0 heterocycles. The molecule has 8 heteroatoms. The first kappa shape index (κ1) is 16.1. The fourth-order valence-corrected chi connectivity index (χ4v) is 2.22. The number of carbonyl (C=O) groups excluding carboxylic acids is 1. The summed E-state index contributed by atoms with van der Waals surface area (Å²) in [5.74, 6) is 0.391. The highest BCUT2D eigenvalue weighted by molar-refractivity contribution is 14.1. The van der Waals surface area contributed by atoms with Crippen molar-refractivity contribution >= 4 is 58.6 Å². The van der Waals surface area contributed by atoms with Crippen LogP contribution < -0.4 is 15.5 Å². The van der Waals surface area contributed by atoms with Crippen molar-refractivity contribution in [1.29, 1.82) is 0 Å². The van der Waals surface area contributed by atoms with Crippen LogP contribution in [0.5, 0.6) is 5.75 Å². The summed E-state index contributed by atoms with van der Waals surface area (Å²) in [7, 11) is -1.72. The Kier molecular flexibility index (Phi) is 5.46. The highest BCUT2D eigenvalue weighted by Gasteiger charge is 2.18. The van der Waals surface area contributed by atoms with E-state index in [9.17, 15) is 4.79 Å². The van der Waals surface area contributed by atoms with E-state index in [-0.39, 0.29) is 16.2 Å². The second-order valence-electron chi connectivity index (χ2n) is 4.05. The van der Waals surface area contributed by atoms with E-state index in [2.05, 4.69) is 27.9 Å². The Morgan fingerprint density at radius 2 is 1.86 bits per heavy atom. The average molecular weight is 417 g/mol. The Hall–Kier alpha value is -1.29. The number of anilines is 1. The van der Waals surface area contributed by atoms with Crippen molar-refractivity contribution in [3.05, 3.63) is 51.1 Å². The highest BCUT2D eigenvalue weighted by Crippen LogP contribution is 2.20. The molecule has 0 aliphatic rings. The Labute approximate surface area is 140 Å². The summed E-state index contributed by atoms with van der Waals surface area (Å²) >= 11 is 8.12. The molecule has 2 aromatic carbocycles. The van der Waals surface area contributed by atoms with Gasteiger partial charge in [0.05, 0.1) is 10.7 Å². The molecule has 0 spiro atoms. The van der Waals surface area contributed by atoms with Crippen LogP contribution in [-0.4, -0.2) is 23.3 Å². The van der Waals surface area contributed by atoms with Crippen LogP contribution in [0, 0.1) is 3.57 Å². The molecule has 5 nitrogen and oxygen atoms in total. The van der Waals surface area contributed by atoms with Crippen LogP contribution in [0.2, 0.25) is 5.02 Å². The summed E-state index contributed by atoms with van der Waals surface area (Å²) in [4.78, 5) is 11.8. The quantitative estimate of drug-likeness (QED) is 0.529. The number of amides is 1. The van der Waals surface area contributed by atoms with E-state index >= 15 is 0 Å². The van der Waals surface area contributed by atoms with Gasteiger partial charge in [0, 0.05) is 9.03 Å². The van der Waals surface area contributed by atoms with E-state index in [0.717, 1.165) is 3.57 Å². The van der Waals surface area contributed by atoms with Gasteiger partial charge < -0.3 is 14.8 Å². The second-order valence-corrected chi connectivity index (χ2v) is 5.67. The third-order valence-corrected chi connectivity index (χ3v) is 3.71. The van der Waals surface area contributed by atoms with Gasteiger partial charge in [-0.3, -0.25) is 5.32 Å². The first-order valence-electron chi connectivity index (χ1n) is 5.86. The zero-order chi connectivity index (χ0) is 15.4. The zero-order valence-corrected chi connectivity index (χ0v) is 13.5. The first-order valence-corrected chi connectivity index (χ1v) is 7.32. The lowest BCUT2D eigenvalue weighted by molar-refractivity contribution is 0.215. The molecule has 2 rings (SSSR count). The number of halogens is 2. The molecule has 0 aliphatic carbocycles. The summed E-state index contributed by atoms with van der Waals surface area (Å²) in [6.45, 7) is 0. The maximum absolute atomic E-state index is 11.8. The number of hydrogen-bond donors (Lipinski definition) is 3. The van der Waals surface area contributed by atoms with Crippen LogP contribution in [0.1, 0.15) is 0 Å². The molecule has 0 aromatic heterocycles. The van der Waals surface area contributed by atoms with Gasteiger partial charge in [-0.25, -0.2) is 4.79 Å². The van der Waals surface area contributed by atoms with Crippen LogP contribution >= 0.6 is 34.2 Å². The molecule has 0 atom stereocenters. The van der Waals surface area contributed by atoms with Crippen molar-refractivity contribution in [2.24, 2.45) is 0 Å². The number of nitrogens with one attached hydrogen (secondary N) is 1. The van der Waals surface area contributed by atoms with Crippen molar-refractivity contribution in [3.8, 4) is 5.75 Å². The zero-order valence-electron chi connectivity index (χ0n) is 10.6. The standard InChI is InChI=1S/C13H10BClINO4/c15-12-10(14(19)20)2-1-3-11(12)17-13(18)21-9-6-4-8(16)5-7-9/h1-7,19-20H,(H,17,18). The fourth-order valence-electron chi connectivity index (χ4n) is 1.59. The van der Waals surface area contributed by atoms with Gasteiger partial charge in [-0.1, -0.05) is 23.7 Å². The number of benzene rings is 2. The average Bonchev–Trinajstić information content (AvgIpc) is 2.43. The normalized spacial score (nSPS) is 10.1. The van der Waals surface area contributed by atoms with Gasteiger partial charge in [-0.15, -0.1) is 0 Å². The van der Waals surface area contributed by atoms with E-state index in [0.29, 0.717) is 5.75 Å². The van der Waals surface area contributed by atoms with E-state index in [1.807, 2.05) is 0 Å².